The Labute approximate surface area is 151 Å². The molecule has 132 valence electrons. The second-order valence-electron chi connectivity index (χ2n) is 6.15. The summed E-state index contributed by atoms with van der Waals surface area (Å²) in [5.41, 5.74) is 1.75. The predicted molar refractivity (Wildman–Crippen MR) is 97.3 cm³/mol. The van der Waals surface area contributed by atoms with Gasteiger partial charge in [0.2, 0.25) is 5.91 Å². The number of aryl methyl sites for hydroxylation is 1. The molecule has 0 heterocycles. The van der Waals surface area contributed by atoms with Gasteiger partial charge < -0.3 is 10.6 Å². The Morgan fingerprint density at radius 2 is 1.72 bits per heavy atom. The third kappa shape index (κ3) is 5.03. The van der Waals surface area contributed by atoms with Gasteiger partial charge in [0.15, 0.2) is 0 Å². The molecule has 0 saturated carbocycles. The Balaban J connectivity index is 2.14. The van der Waals surface area contributed by atoms with Gasteiger partial charge in [0, 0.05) is 16.3 Å². The van der Waals surface area contributed by atoms with E-state index in [1.165, 1.54) is 24.3 Å². The molecule has 0 bridgehead atoms. The first kappa shape index (κ1) is 18.9. The van der Waals surface area contributed by atoms with Crippen LogP contribution < -0.4 is 10.6 Å². The first-order valence-electron chi connectivity index (χ1n) is 7.91. The van der Waals surface area contributed by atoms with Crippen molar-refractivity contribution in [2.45, 2.75) is 26.8 Å². The van der Waals surface area contributed by atoms with E-state index in [2.05, 4.69) is 10.6 Å². The van der Waals surface area contributed by atoms with E-state index in [1.54, 1.807) is 18.2 Å². The summed E-state index contributed by atoms with van der Waals surface area (Å²) in [6.07, 6.45) is 0. The van der Waals surface area contributed by atoms with Gasteiger partial charge >= 0.3 is 0 Å². The Kier molecular flexibility index (Phi) is 6.15. The van der Waals surface area contributed by atoms with E-state index < -0.39 is 17.8 Å². The molecule has 2 aromatic rings. The zero-order valence-electron chi connectivity index (χ0n) is 14.3. The van der Waals surface area contributed by atoms with Crippen molar-refractivity contribution in [2.24, 2.45) is 5.92 Å². The molecule has 0 fully saturated rings. The predicted octanol–water partition coefficient (Wildman–Crippen LogP) is 4.18. The van der Waals surface area contributed by atoms with Gasteiger partial charge in [0.05, 0.1) is 0 Å². The maximum absolute atomic E-state index is 13.0. The molecule has 0 aliphatic heterocycles. The van der Waals surface area contributed by atoms with E-state index in [0.29, 0.717) is 16.3 Å². The number of amides is 2. The minimum absolute atomic E-state index is 0.135. The van der Waals surface area contributed by atoms with Crippen molar-refractivity contribution < 1.29 is 14.0 Å². The summed E-state index contributed by atoms with van der Waals surface area (Å²) in [5.74, 6) is -1.33. The Morgan fingerprint density at radius 1 is 1.08 bits per heavy atom. The molecule has 1 unspecified atom stereocenters. The third-order valence-electron chi connectivity index (χ3n) is 3.80. The van der Waals surface area contributed by atoms with Crippen LogP contribution in [0.4, 0.5) is 10.1 Å². The maximum Gasteiger partial charge on any atom is 0.251 e. The molecule has 0 aliphatic rings. The molecule has 0 aromatic heterocycles. The third-order valence-corrected chi connectivity index (χ3v) is 4.03. The fraction of sp³-hybridized carbons (Fsp3) is 0.263. The summed E-state index contributed by atoms with van der Waals surface area (Å²) in [6, 6.07) is 9.62. The molecule has 0 aliphatic carbocycles. The molecule has 6 heteroatoms. The van der Waals surface area contributed by atoms with Crippen molar-refractivity contribution in [3.63, 3.8) is 0 Å². The molecule has 1 atom stereocenters. The van der Waals surface area contributed by atoms with Crippen LogP contribution in [0.3, 0.4) is 0 Å². The van der Waals surface area contributed by atoms with Crippen LogP contribution in [-0.2, 0) is 4.79 Å². The number of hydrogen-bond donors (Lipinski definition) is 2. The molecule has 4 nitrogen and oxygen atoms in total. The number of nitrogens with one attached hydrogen (secondary N) is 2. The van der Waals surface area contributed by atoms with Gasteiger partial charge in [-0.25, -0.2) is 4.39 Å². The number of anilines is 1. The van der Waals surface area contributed by atoms with Crippen molar-refractivity contribution in [3.8, 4) is 0 Å². The van der Waals surface area contributed by atoms with Crippen LogP contribution in [0.25, 0.3) is 0 Å². The minimum Gasteiger partial charge on any atom is -0.340 e. The summed E-state index contributed by atoms with van der Waals surface area (Å²) in [5, 5.41) is 6.01. The van der Waals surface area contributed by atoms with Gasteiger partial charge in [-0.2, -0.15) is 0 Å². The number of hydrogen-bond acceptors (Lipinski definition) is 2. The Hall–Kier alpha value is -2.40. The smallest absolute Gasteiger partial charge is 0.251 e. The average Bonchev–Trinajstić information content (AvgIpc) is 2.56. The summed E-state index contributed by atoms with van der Waals surface area (Å²) in [6.45, 7) is 5.52. The molecule has 0 saturated heterocycles. The van der Waals surface area contributed by atoms with Crippen molar-refractivity contribution in [3.05, 3.63) is 64.4 Å². The van der Waals surface area contributed by atoms with Gasteiger partial charge in [0.1, 0.15) is 11.9 Å². The van der Waals surface area contributed by atoms with Crippen LogP contribution in [0.1, 0.15) is 29.8 Å². The monoisotopic (exact) mass is 362 g/mol. The van der Waals surface area contributed by atoms with Gasteiger partial charge in [-0.05, 0) is 54.8 Å². The fourth-order valence-electron chi connectivity index (χ4n) is 2.30. The lowest BCUT2D eigenvalue weighted by Crippen LogP contribution is -2.47. The lowest BCUT2D eigenvalue weighted by molar-refractivity contribution is -0.118. The highest BCUT2D eigenvalue weighted by atomic mass is 35.5. The number of halogens is 2. The lowest BCUT2D eigenvalue weighted by atomic mass is 10.0. The fourth-order valence-corrected chi connectivity index (χ4v) is 2.47. The van der Waals surface area contributed by atoms with Crippen molar-refractivity contribution >= 4 is 29.1 Å². The SMILES string of the molecule is Cc1ccc(Cl)cc1NC(=O)C(NC(=O)c1ccc(F)cc1)C(C)C. The van der Waals surface area contributed by atoms with E-state index in [1.807, 2.05) is 20.8 Å². The molecule has 2 N–H and O–H groups in total. The van der Waals surface area contributed by atoms with Gasteiger partial charge in [-0.1, -0.05) is 31.5 Å². The highest BCUT2D eigenvalue weighted by Gasteiger charge is 2.25. The second-order valence-corrected chi connectivity index (χ2v) is 6.59. The van der Waals surface area contributed by atoms with E-state index in [4.69, 9.17) is 11.6 Å². The summed E-state index contributed by atoms with van der Waals surface area (Å²) in [7, 11) is 0. The quantitative estimate of drug-likeness (QED) is 0.838. The Bertz CT molecular complexity index is 775. The zero-order valence-corrected chi connectivity index (χ0v) is 15.0. The molecule has 25 heavy (non-hydrogen) atoms. The Morgan fingerprint density at radius 3 is 2.32 bits per heavy atom. The molecule has 2 amide bonds. The lowest BCUT2D eigenvalue weighted by Gasteiger charge is -2.22. The molecule has 2 rings (SSSR count). The van der Waals surface area contributed by atoms with Crippen molar-refractivity contribution in [1.82, 2.24) is 5.32 Å². The van der Waals surface area contributed by atoms with Crippen LogP contribution in [0.5, 0.6) is 0 Å². The highest BCUT2D eigenvalue weighted by Crippen LogP contribution is 2.21. The van der Waals surface area contributed by atoms with E-state index in [-0.39, 0.29) is 11.8 Å². The number of carbonyl (C=O) groups is 2. The summed E-state index contributed by atoms with van der Waals surface area (Å²) in [4.78, 5) is 24.9. The molecule has 0 spiro atoms. The molecular weight excluding hydrogens is 343 g/mol. The van der Waals surface area contributed by atoms with Crippen LogP contribution in [0.2, 0.25) is 5.02 Å². The average molecular weight is 363 g/mol. The normalized spacial score (nSPS) is 11.9. The standard InChI is InChI=1S/C19H20ClFN2O2/c1-11(2)17(23-18(24)13-5-8-15(21)9-6-13)19(25)22-16-10-14(20)7-4-12(16)3/h4-11,17H,1-3H3,(H,22,25)(H,23,24). The summed E-state index contributed by atoms with van der Waals surface area (Å²) >= 11 is 5.97. The molecule has 2 aromatic carbocycles. The number of carbonyl (C=O) groups excluding carboxylic acids is 2. The molecular formula is C19H20ClFN2O2. The van der Waals surface area contributed by atoms with Gasteiger partial charge in [-0.15, -0.1) is 0 Å². The first-order chi connectivity index (χ1) is 11.8. The van der Waals surface area contributed by atoms with Crippen LogP contribution in [0, 0.1) is 18.7 Å². The van der Waals surface area contributed by atoms with Gasteiger partial charge in [-0.3, -0.25) is 9.59 Å². The summed E-state index contributed by atoms with van der Waals surface area (Å²) < 4.78 is 13.0. The number of benzene rings is 2. The van der Waals surface area contributed by atoms with E-state index in [9.17, 15) is 14.0 Å². The first-order valence-corrected chi connectivity index (χ1v) is 8.29. The minimum atomic E-state index is -0.740. The second kappa shape index (κ2) is 8.12. The van der Waals surface area contributed by atoms with Crippen LogP contribution >= 0.6 is 11.6 Å². The van der Waals surface area contributed by atoms with Crippen molar-refractivity contribution in [2.75, 3.05) is 5.32 Å². The maximum atomic E-state index is 13.0. The van der Waals surface area contributed by atoms with E-state index in [0.717, 1.165) is 5.56 Å². The topological polar surface area (TPSA) is 58.2 Å². The highest BCUT2D eigenvalue weighted by molar-refractivity contribution is 6.31. The largest absolute Gasteiger partial charge is 0.340 e. The van der Waals surface area contributed by atoms with E-state index >= 15 is 0 Å². The van der Waals surface area contributed by atoms with Crippen LogP contribution in [-0.4, -0.2) is 17.9 Å². The van der Waals surface area contributed by atoms with Crippen LogP contribution in [0.15, 0.2) is 42.5 Å². The number of rotatable bonds is 5. The zero-order chi connectivity index (χ0) is 18.6. The molecule has 0 radical (unpaired) electrons. The van der Waals surface area contributed by atoms with Gasteiger partial charge in [0.25, 0.3) is 5.91 Å². The van der Waals surface area contributed by atoms with Crippen molar-refractivity contribution in [1.29, 1.82) is 0 Å².